The van der Waals surface area contributed by atoms with Crippen LogP contribution in [0, 0.1) is 6.92 Å². The van der Waals surface area contributed by atoms with Crippen LogP contribution in [0.3, 0.4) is 0 Å². The SMILES string of the molecule is Cc1ccc(SCCNC(=O)Cn2cc(C(F)(F)F)cc(Cl)c2=O)cc1. The van der Waals surface area contributed by atoms with Crippen LogP contribution in [-0.2, 0) is 17.5 Å². The zero-order valence-corrected chi connectivity index (χ0v) is 15.3. The van der Waals surface area contributed by atoms with Crippen LogP contribution in [-0.4, -0.2) is 22.8 Å². The minimum Gasteiger partial charge on any atom is -0.354 e. The number of hydrogen-bond donors (Lipinski definition) is 1. The van der Waals surface area contributed by atoms with Crippen molar-refractivity contribution in [2.75, 3.05) is 12.3 Å². The molecule has 1 aromatic heterocycles. The van der Waals surface area contributed by atoms with Gasteiger partial charge in [0, 0.05) is 23.4 Å². The van der Waals surface area contributed by atoms with Crippen LogP contribution in [0.1, 0.15) is 11.1 Å². The molecule has 0 saturated heterocycles. The molecule has 26 heavy (non-hydrogen) atoms. The van der Waals surface area contributed by atoms with Crippen LogP contribution in [0.4, 0.5) is 13.2 Å². The smallest absolute Gasteiger partial charge is 0.354 e. The van der Waals surface area contributed by atoms with Gasteiger partial charge in [-0.3, -0.25) is 9.59 Å². The molecule has 0 aliphatic heterocycles. The van der Waals surface area contributed by atoms with E-state index in [2.05, 4.69) is 5.32 Å². The van der Waals surface area contributed by atoms with Crippen molar-refractivity contribution in [1.29, 1.82) is 0 Å². The lowest BCUT2D eigenvalue weighted by molar-refractivity contribution is -0.138. The van der Waals surface area contributed by atoms with Crippen molar-refractivity contribution >= 4 is 29.3 Å². The molecule has 0 aliphatic rings. The molecule has 0 bridgehead atoms. The molecule has 4 nitrogen and oxygen atoms in total. The normalized spacial score (nSPS) is 11.4. The Bertz CT molecular complexity index is 835. The molecule has 0 spiro atoms. The predicted molar refractivity (Wildman–Crippen MR) is 95.6 cm³/mol. The second kappa shape index (κ2) is 8.64. The van der Waals surface area contributed by atoms with Gasteiger partial charge >= 0.3 is 6.18 Å². The van der Waals surface area contributed by atoms with Gasteiger partial charge in [0.1, 0.15) is 11.6 Å². The number of halogens is 4. The molecule has 0 fully saturated rings. The molecule has 0 aliphatic carbocycles. The number of nitrogens with zero attached hydrogens (tertiary/aromatic N) is 1. The number of carbonyl (C=O) groups excluding carboxylic acids is 1. The molecule has 1 N–H and O–H groups in total. The fraction of sp³-hybridized carbons (Fsp3) is 0.294. The Hall–Kier alpha value is -1.93. The molecule has 1 amide bonds. The summed E-state index contributed by atoms with van der Waals surface area (Å²) in [5, 5.41) is 1.99. The second-order valence-corrected chi connectivity index (χ2v) is 7.09. The van der Waals surface area contributed by atoms with Crippen molar-refractivity contribution in [3.63, 3.8) is 0 Å². The van der Waals surface area contributed by atoms with Crippen LogP contribution in [0.15, 0.2) is 46.2 Å². The first-order valence-corrected chi connectivity index (χ1v) is 8.96. The van der Waals surface area contributed by atoms with Crippen LogP contribution in [0.2, 0.25) is 5.02 Å². The fourth-order valence-corrected chi connectivity index (χ4v) is 3.07. The number of hydrogen-bond acceptors (Lipinski definition) is 3. The van der Waals surface area contributed by atoms with E-state index in [4.69, 9.17) is 11.6 Å². The van der Waals surface area contributed by atoms with Crippen molar-refractivity contribution in [2.45, 2.75) is 24.5 Å². The Morgan fingerprint density at radius 2 is 1.92 bits per heavy atom. The van der Waals surface area contributed by atoms with Crippen LogP contribution in [0.5, 0.6) is 0 Å². The molecule has 0 saturated carbocycles. The van der Waals surface area contributed by atoms with E-state index in [0.29, 0.717) is 29.1 Å². The molecular weight excluding hydrogens is 389 g/mol. The third-order valence-electron chi connectivity index (χ3n) is 3.40. The summed E-state index contributed by atoms with van der Waals surface area (Å²) in [6, 6.07) is 8.43. The highest BCUT2D eigenvalue weighted by Crippen LogP contribution is 2.29. The van der Waals surface area contributed by atoms with Crippen molar-refractivity contribution in [3.05, 3.63) is 63.0 Å². The number of aryl methyl sites for hydroxylation is 1. The Morgan fingerprint density at radius 3 is 2.54 bits per heavy atom. The van der Waals surface area contributed by atoms with Crippen molar-refractivity contribution in [2.24, 2.45) is 0 Å². The van der Waals surface area contributed by atoms with E-state index >= 15 is 0 Å². The van der Waals surface area contributed by atoms with Gasteiger partial charge in [0.15, 0.2) is 0 Å². The van der Waals surface area contributed by atoms with Crippen molar-refractivity contribution in [3.8, 4) is 0 Å². The summed E-state index contributed by atoms with van der Waals surface area (Å²) in [7, 11) is 0. The minimum atomic E-state index is -4.65. The summed E-state index contributed by atoms with van der Waals surface area (Å²) in [5.41, 5.74) is -0.776. The summed E-state index contributed by atoms with van der Waals surface area (Å²) in [4.78, 5) is 24.7. The van der Waals surface area contributed by atoms with E-state index in [1.807, 2.05) is 31.2 Å². The lowest BCUT2D eigenvalue weighted by Crippen LogP contribution is -2.34. The quantitative estimate of drug-likeness (QED) is 0.589. The van der Waals surface area contributed by atoms with Crippen LogP contribution >= 0.6 is 23.4 Å². The summed E-state index contributed by atoms with van der Waals surface area (Å²) >= 11 is 7.08. The zero-order chi connectivity index (χ0) is 19.3. The van der Waals surface area contributed by atoms with Gasteiger partial charge in [0.2, 0.25) is 5.91 Å². The zero-order valence-electron chi connectivity index (χ0n) is 13.8. The van der Waals surface area contributed by atoms with Crippen molar-refractivity contribution < 1.29 is 18.0 Å². The molecule has 2 aromatic rings. The fourth-order valence-electron chi connectivity index (χ4n) is 2.08. The highest BCUT2D eigenvalue weighted by Gasteiger charge is 2.32. The van der Waals surface area contributed by atoms with Crippen LogP contribution < -0.4 is 10.9 Å². The first-order valence-electron chi connectivity index (χ1n) is 7.60. The predicted octanol–water partition coefficient (Wildman–Crippen LogP) is 3.74. The molecule has 0 atom stereocenters. The number of aromatic nitrogens is 1. The van der Waals surface area contributed by atoms with Gasteiger partial charge in [-0.2, -0.15) is 13.2 Å². The lowest BCUT2D eigenvalue weighted by atomic mass is 10.2. The molecule has 0 radical (unpaired) electrons. The molecule has 140 valence electrons. The number of thioether (sulfide) groups is 1. The third kappa shape index (κ3) is 5.81. The maximum Gasteiger partial charge on any atom is 0.417 e. The van der Waals surface area contributed by atoms with Gasteiger partial charge in [-0.05, 0) is 25.1 Å². The van der Waals surface area contributed by atoms with E-state index in [-0.39, 0.29) is 0 Å². The second-order valence-electron chi connectivity index (χ2n) is 5.52. The standard InChI is InChI=1S/C17H16ClF3N2O2S/c1-11-2-4-13(5-3-11)26-7-6-22-15(24)10-23-9-12(17(19,20)21)8-14(18)16(23)25/h2-5,8-9H,6-7,10H2,1H3,(H,22,24). The maximum atomic E-state index is 12.8. The van der Waals surface area contributed by atoms with Crippen molar-refractivity contribution in [1.82, 2.24) is 9.88 Å². The molecule has 9 heteroatoms. The number of nitrogens with one attached hydrogen (secondary N) is 1. The lowest BCUT2D eigenvalue weighted by Gasteiger charge is -2.12. The number of carbonyl (C=O) groups is 1. The topological polar surface area (TPSA) is 51.1 Å². The van der Waals surface area contributed by atoms with Gasteiger partial charge in [-0.15, -0.1) is 11.8 Å². The first-order chi connectivity index (χ1) is 12.2. The minimum absolute atomic E-state index is 0.318. The Morgan fingerprint density at radius 1 is 1.27 bits per heavy atom. The summed E-state index contributed by atoms with van der Waals surface area (Å²) < 4.78 is 39.0. The molecule has 2 rings (SSSR count). The molecule has 1 heterocycles. The number of pyridine rings is 1. The van der Waals surface area contributed by atoms with Gasteiger partial charge < -0.3 is 9.88 Å². The van der Waals surface area contributed by atoms with Crippen LogP contribution in [0.25, 0.3) is 0 Å². The monoisotopic (exact) mass is 404 g/mol. The van der Waals surface area contributed by atoms with E-state index < -0.39 is 34.8 Å². The summed E-state index contributed by atoms with van der Waals surface area (Å²) in [6.07, 6.45) is -4.06. The summed E-state index contributed by atoms with van der Waals surface area (Å²) in [6.45, 7) is 1.77. The Labute approximate surface area is 157 Å². The maximum absolute atomic E-state index is 12.8. The van der Waals surface area contributed by atoms with E-state index in [0.717, 1.165) is 10.5 Å². The molecule has 0 unspecified atom stereocenters. The number of amides is 1. The molecular formula is C17H16ClF3N2O2S. The first kappa shape index (κ1) is 20.4. The van der Waals surface area contributed by atoms with E-state index in [9.17, 15) is 22.8 Å². The van der Waals surface area contributed by atoms with Gasteiger partial charge in [0.25, 0.3) is 5.56 Å². The van der Waals surface area contributed by atoms with Gasteiger partial charge in [-0.1, -0.05) is 29.3 Å². The van der Waals surface area contributed by atoms with E-state index in [1.165, 1.54) is 11.8 Å². The third-order valence-corrected chi connectivity index (χ3v) is 4.68. The number of benzene rings is 1. The van der Waals surface area contributed by atoms with Gasteiger partial charge in [-0.25, -0.2) is 0 Å². The highest BCUT2D eigenvalue weighted by molar-refractivity contribution is 7.99. The Balaban J connectivity index is 1.90. The highest BCUT2D eigenvalue weighted by atomic mass is 35.5. The average molecular weight is 405 g/mol. The number of rotatable bonds is 6. The average Bonchev–Trinajstić information content (AvgIpc) is 2.56. The summed E-state index contributed by atoms with van der Waals surface area (Å²) in [5.74, 6) is 0.0274. The molecule has 1 aromatic carbocycles. The van der Waals surface area contributed by atoms with Gasteiger partial charge in [0.05, 0.1) is 5.56 Å². The number of alkyl halides is 3. The Kier molecular flexibility index (Phi) is 6.77. The largest absolute Gasteiger partial charge is 0.417 e. The van der Waals surface area contributed by atoms with E-state index in [1.54, 1.807) is 0 Å².